The van der Waals surface area contributed by atoms with Crippen LogP contribution in [-0.4, -0.2) is 18.1 Å². The van der Waals surface area contributed by atoms with Crippen LogP contribution in [0.3, 0.4) is 0 Å². The van der Waals surface area contributed by atoms with E-state index in [-0.39, 0.29) is 5.82 Å². The molecule has 0 amide bonds. The van der Waals surface area contributed by atoms with Crippen LogP contribution in [0.25, 0.3) is 0 Å². The molecule has 0 aliphatic carbocycles. The van der Waals surface area contributed by atoms with Gasteiger partial charge >= 0.3 is 5.97 Å². The van der Waals surface area contributed by atoms with E-state index in [2.05, 4.69) is 0 Å². The number of rotatable bonds is 4. The second-order valence-corrected chi connectivity index (χ2v) is 5.59. The van der Waals surface area contributed by atoms with Crippen LogP contribution in [0.5, 0.6) is 0 Å². The second kappa shape index (κ2) is 5.40. The lowest BCUT2D eigenvalue weighted by Crippen LogP contribution is -2.16. The standard InChI is InChI=1S/C14H14FNO2S/c1-9-10(6-13(19-9)14(17)18)8-16(2)12-5-3-4-11(15)7-12/h3-7H,8H2,1-2H3,(H,17,18). The van der Waals surface area contributed by atoms with Crippen molar-refractivity contribution in [1.82, 2.24) is 0 Å². The molecule has 5 heteroatoms. The molecule has 0 aliphatic heterocycles. The molecule has 2 rings (SSSR count). The number of nitrogens with zero attached hydrogens (tertiary/aromatic N) is 1. The van der Waals surface area contributed by atoms with E-state index in [9.17, 15) is 9.18 Å². The van der Waals surface area contributed by atoms with E-state index in [0.717, 1.165) is 16.1 Å². The number of hydrogen-bond acceptors (Lipinski definition) is 3. The Labute approximate surface area is 114 Å². The highest BCUT2D eigenvalue weighted by Crippen LogP contribution is 2.24. The number of carboxylic acids is 1. The highest BCUT2D eigenvalue weighted by Gasteiger charge is 2.12. The van der Waals surface area contributed by atoms with Gasteiger partial charge in [-0.05, 0) is 36.8 Å². The first-order valence-corrected chi connectivity index (χ1v) is 6.58. The van der Waals surface area contributed by atoms with E-state index >= 15 is 0 Å². The minimum atomic E-state index is -0.909. The van der Waals surface area contributed by atoms with E-state index in [0.29, 0.717) is 11.4 Å². The maximum Gasteiger partial charge on any atom is 0.345 e. The van der Waals surface area contributed by atoms with Gasteiger partial charge in [0.15, 0.2) is 0 Å². The first-order valence-electron chi connectivity index (χ1n) is 5.76. The molecule has 1 aromatic heterocycles. The molecule has 0 saturated carbocycles. The van der Waals surface area contributed by atoms with Crippen LogP contribution in [0.4, 0.5) is 10.1 Å². The van der Waals surface area contributed by atoms with Crippen LogP contribution in [0.1, 0.15) is 20.1 Å². The third kappa shape index (κ3) is 3.12. The van der Waals surface area contributed by atoms with Crippen molar-refractivity contribution in [3.8, 4) is 0 Å². The maximum absolute atomic E-state index is 13.2. The zero-order valence-electron chi connectivity index (χ0n) is 10.7. The van der Waals surface area contributed by atoms with Crippen molar-refractivity contribution in [3.05, 3.63) is 51.5 Å². The Kier molecular flexibility index (Phi) is 3.85. The maximum atomic E-state index is 13.2. The van der Waals surface area contributed by atoms with Gasteiger partial charge in [0.25, 0.3) is 0 Å². The van der Waals surface area contributed by atoms with Gasteiger partial charge in [0.1, 0.15) is 10.7 Å². The molecule has 2 aromatic rings. The normalized spacial score (nSPS) is 10.5. The van der Waals surface area contributed by atoms with Gasteiger partial charge < -0.3 is 10.0 Å². The summed E-state index contributed by atoms with van der Waals surface area (Å²) in [6, 6.07) is 8.01. The molecule has 1 aromatic carbocycles. The number of aromatic carboxylic acids is 1. The first kappa shape index (κ1) is 13.5. The smallest absolute Gasteiger partial charge is 0.345 e. The van der Waals surface area contributed by atoms with Gasteiger partial charge in [-0.2, -0.15) is 0 Å². The van der Waals surface area contributed by atoms with Gasteiger partial charge in [0, 0.05) is 24.2 Å². The van der Waals surface area contributed by atoms with E-state index in [4.69, 9.17) is 5.11 Å². The highest BCUT2D eigenvalue weighted by atomic mass is 32.1. The molecule has 0 fully saturated rings. The van der Waals surface area contributed by atoms with Crippen molar-refractivity contribution in [2.75, 3.05) is 11.9 Å². The SMILES string of the molecule is Cc1sc(C(=O)O)cc1CN(C)c1cccc(F)c1. The van der Waals surface area contributed by atoms with Crippen LogP contribution in [0, 0.1) is 12.7 Å². The van der Waals surface area contributed by atoms with Gasteiger partial charge in [0.2, 0.25) is 0 Å². The van der Waals surface area contributed by atoms with Gasteiger partial charge in [-0.15, -0.1) is 11.3 Å². The lowest BCUT2D eigenvalue weighted by molar-refractivity contribution is 0.0702. The number of benzene rings is 1. The van der Waals surface area contributed by atoms with Gasteiger partial charge in [-0.25, -0.2) is 9.18 Å². The summed E-state index contributed by atoms with van der Waals surface area (Å²) in [7, 11) is 1.85. The zero-order chi connectivity index (χ0) is 14.0. The van der Waals surface area contributed by atoms with Crippen LogP contribution < -0.4 is 4.90 Å². The van der Waals surface area contributed by atoms with Gasteiger partial charge in [-0.1, -0.05) is 6.07 Å². The Morgan fingerprint density at radius 1 is 1.42 bits per heavy atom. The lowest BCUT2D eigenvalue weighted by Gasteiger charge is -2.19. The average molecular weight is 279 g/mol. The molecule has 0 unspecified atom stereocenters. The van der Waals surface area contributed by atoms with Gasteiger partial charge in [-0.3, -0.25) is 0 Å². The molecule has 1 heterocycles. The number of carbonyl (C=O) groups is 1. The Bertz CT molecular complexity index is 609. The molecule has 100 valence electrons. The van der Waals surface area contributed by atoms with Gasteiger partial charge in [0.05, 0.1) is 0 Å². The van der Waals surface area contributed by atoms with Crippen LogP contribution in [0.2, 0.25) is 0 Å². The molecule has 3 nitrogen and oxygen atoms in total. The Hall–Kier alpha value is -1.88. The van der Waals surface area contributed by atoms with E-state index in [1.165, 1.54) is 23.5 Å². The summed E-state index contributed by atoms with van der Waals surface area (Å²) in [5.74, 6) is -1.19. The molecule has 0 aliphatic rings. The minimum Gasteiger partial charge on any atom is -0.477 e. The van der Waals surface area contributed by atoms with Crippen LogP contribution >= 0.6 is 11.3 Å². The van der Waals surface area contributed by atoms with Crippen molar-refractivity contribution in [1.29, 1.82) is 0 Å². The van der Waals surface area contributed by atoms with E-state index < -0.39 is 5.97 Å². The van der Waals surface area contributed by atoms with Crippen LogP contribution in [-0.2, 0) is 6.54 Å². The molecule has 0 saturated heterocycles. The summed E-state index contributed by atoms with van der Waals surface area (Å²) in [5, 5.41) is 8.96. The monoisotopic (exact) mass is 279 g/mol. The number of anilines is 1. The van der Waals surface area contributed by atoms with Crippen molar-refractivity contribution in [3.63, 3.8) is 0 Å². The molecular weight excluding hydrogens is 265 g/mol. The minimum absolute atomic E-state index is 0.280. The third-order valence-corrected chi connectivity index (χ3v) is 3.97. The third-order valence-electron chi connectivity index (χ3n) is 2.89. The van der Waals surface area contributed by atoms with Crippen molar-refractivity contribution < 1.29 is 14.3 Å². The van der Waals surface area contributed by atoms with Crippen molar-refractivity contribution >= 4 is 23.0 Å². The average Bonchev–Trinajstić information content (AvgIpc) is 2.71. The fourth-order valence-corrected chi connectivity index (χ4v) is 2.72. The summed E-state index contributed by atoms with van der Waals surface area (Å²) < 4.78 is 13.2. The molecule has 0 spiro atoms. The topological polar surface area (TPSA) is 40.5 Å². The molecular formula is C14H14FNO2S. The Morgan fingerprint density at radius 3 is 2.74 bits per heavy atom. The number of halogens is 1. The first-order chi connectivity index (χ1) is 8.97. The fourth-order valence-electron chi connectivity index (χ4n) is 1.84. The summed E-state index contributed by atoms with van der Waals surface area (Å²) in [6.45, 7) is 2.45. The summed E-state index contributed by atoms with van der Waals surface area (Å²) >= 11 is 1.26. The van der Waals surface area contributed by atoms with E-state index in [1.54, 1.807) is 12.1 Å². The molecule has 0 radical (unpaired) electrons. The summed E-state index contributed by atoms with van der Waals surface area (Å²) in [6.07, 6.45) is 0. The predicted octanol–water partition coefficient (Wildman–Crippen LogP) is 3.53. The fraction of sp³-hybridized carbons (Fsp3) is 0.214. The van der Waals surface area contributed by atoms with E-state index in [1.807, 2.05) is 24.9 Å². The highest BCUT2D eigenvalue weighted by molar-refractivity contribution is 7.14. The molecule has 1 N–H and O–H groups in total. The predicted molar refractivity (Wildman–Crippen MR) is 74.5 cm³/mol. The number of thiophene rings is 1. The van der Waals surface area contributed by atoms with Crippen molar-refractivity contribution in [2.45, 2.75) is 13.5 Å². The molecule has 0 bridgehead atoms. The summed E-state index contributed by atoms with van der Waals surface area (Å²) in [5.41, 5.74) is 1.72. The quantitative estimate of drug-likeness (QED) is 0.930. The number of aryl methyl sites for hydroxylation is 1. The second-order valence-electron chi connectivity index (χ2n) is 4.33. The number of hydrogen-bond donors (Lipinski definition) is 1. The van der Waals surface area contributed by atoms with Crippen molar-refractivity contribution in [2.24, 2.45) is 0 Å². The Balaban J connectivity index is 2.19. The Morgan fingerprint density at radius 2 is 2.16 bits per heavy atom. The molecule has 19 heavy (non-hydrogen) atoms. The lowest BCUT2D eigenvalue weighted by atomic mass is 10.2. The number of carboxylic acid groups (broad SMARTS) is 1. The summed E-state index contributed by atoms with van der Waals surface area (Å²) in [4.78, 5) is 14.1. The zero-order valence-corrected chi connectivity index (χ0v) is 11.5. The molecule has 0 atom stereocenters. The van der Waals surface area contributed by atoms with Crippen LogP contribution in [0.15, 0.2) is 30.3 Å². The largest absolute Gasteiger partial charge is 0.477 e.